The number of carbonyl (C=O) groups excluding carboxylic acids is 3. The number of nitrogens with zero attached hydrogens (tertiary/aromatic N) is 1. The van der Waals surface area contributed by atoms with Gasteiger partial charge in [0.2, 0.25) is 0 Å². The van der Waals surface area contributed by atoms with E-state index in [4.69, 9.17) is 30.5 Å². The monoisotopic (exact) mass is 497 g/mol. The first-order valence-electron chi connectivity index (χ1n) is 9.84. The third kappa shape index (κ3) is 6.58. The molecule has 0 N–H and O–H groups in total. The van der Waals surface area contributed by atoms with Crippen LogP contribution in [0.3, 0.4) is 0 Å². The number of hydrogen-bond donors (Lipinski definition) is 0. The molecule has 1 aromatic heterocycles. The number of benzene rings is 1. The van der Waals surface area contributed by atoms with E-state index in [0.29, 0.717) is 16.9 Å². The SMILES string of the molecule is CC(=O)O[C@H]1[C@H](OC(C)=O)CSC(Oc2cncc(-c3ccc(F)cc3Cl)c2)[C@@H]1OC(C)=O. The van der Waals surface area contributed by atoms with Crippen LogP contribution in [0.4, 0.5) is 4.39 Å². The van der Waals surface area contributed by atoms with Crippen LogP contribution in [0.2, 0.25) is 5.02 Å². The summed E-state index contributed by atoms with van der Waals surface area (Å²) in [6.45, 7) is 3.64. The summed E-state index contributed by atoms with van der Waals surface area (Å²) in [5, 5.41) is 0.206. The highest BCUT2D eigenvalue weighted by atomic mass is 35.5. The van der Waals surface area contributed by atoms with Gasteiger partial charge in [-0.25, -0.2) is 4.39 Å². The predicted octanol–water partition coefficient (Wildman–Crippen LogP) is 3.79. The molecule has 1 unspecified atom stereocenters. The molecule has 176 valence electrons. The molecule has 0 radical (unpaired) electrons. The maximum absolute atomic E-state index is 13.4. The van der Waals surface area contributed by atoms with Crippen LogP contribution in [0.5, 0.6) is 5.75 Å². The largest absolute Gasteiger partial charge is 0.474 e. The Balaban J connectivity index is 1.88. The molecule has 0 spiro atoms. The lowest BCUT2D eigenvalue weighted by atomic mass is 10.1. The lowest BCUT2D eigenvalue weighted by Gasteiger charge is -2.39. The Morgan fingerprint density at radius 3 is 2.30 bits per heavy atom. The fourth-order valence-corrected chi connectivity index (χ4v) is 4.79. The van der Waals surface area contributed by atoms with Crippen molar-refractivity contribution in [3.63, 3.8) is 0 Å². The molecule has 0 aliphatic carbocycles. The van der Waals surface area contributed by atoms with Gasteiger partial charge in [0.15, 0.2) is 23.7 Å². The summed E-state index contributed by atoms with van der Waals surface area (Å²) >= 11 is 7.38. The number of ether oxygens (including phenoxy) is 4. The molecule has 0 bridgehead atoms. The second-order valence-corrected chi connectivity index (χ2v) is 8.69. The summed E-state index contributed by atoms with van der Waals surface area (Å²) < 4.78 is 35.5. The number of esters is 3. The highest BCUT2D eigenvalue weighted by molar-refractivity contribution is 7.99. The number of rotatable bonds is 6. The molecule has 1 aliphatic rings. The zero-order valence-corrected chi connectivity index (χ0v) is 19.5. The zero-order valence-electron chi connectivity index (χ0n) is 17.9. The third-order valence-corrected chi connectivity index (χ3v) is 6.04. The Kier molecular flexibility index (Phi) is 8.15. The summed E-state index contributed by atoms with van der Waals surface area (Å²) in [5.74, 6) is -1.74. The lowest BCUT2D eigenvalue weighted by molar-refractivity contribution is -0.186. The third-order valence-electron chi connectivity index (χ3n) is 4.51. The van der Waals surface area contributed by atoms with Gasteiger partial charge in [-0.05, 0) is 24.3 Å². The normalized spacial score (nSPS) is 22.2. The maximum Gasteiger partial charge on any atom is 0.303 e. The van der Waals surface area contributed by atoms with E-state index in [1.807, 2.05) is 0 Å². The second-order valence-electron chi connectivity index (χ2n) is 7.15. The van der Waals surface area contributed by atoms with E-state index in [1.165, 1.54) is 56.9 Å². The molecule has 1 aromatic carbocycles. The molecule has 1 saturated heterocycles. The molecule has 0 saturated carbocycles. The molecular weight excluding hydrogens is 477 g/mol. The van der Waals surface area contributed by atoms with Gasteiger partial charge in [0, 0.05) is 43.8 Å². The molecule has 11 heteroatoms. The number of pyridine rings is 1. The van der Waals surface area contributed by atoms with Gasteiger partial charge < -0.3 is 18.9 Å². The smallest absolute Gasteiger partial charge is 0.303 e. The van der Waals surface area contributed by atoms with Gasteiger partial charge in [0.05, 0.1) is 11.2 Å². The van der Waals surface area contributed by atoms with Crippen molar-refractivity contribution in [3.05, 3.63) is 47.5 Å². The number of aromatic nitrogens is 1. The molecule has 1 aliphatic heterocycles. The number of carbonyl (C=O) groups is 3. The van der Waals surface area contributed by atoms with Gasteiger partial charge in [-0.1, -0.05) is 11.6 Å². The van der Waals surface area contributed by atoms with Crippen LogP contribution in [0.15, 0.2) is 36.7 Å². The van der Waals surface area contributed by atoms with Crippen LogP contribution in [0, 0.1) is 5.82 Å². The maximum atomic E-state index is 13.4. The molecule has 3 rings (SSSR count). The van der Waals surface area contributed by atoms with Crippen LogP contribution < -0.4 is 4.74 Å². The standard InChI is InChI=1S/C22H21ClFNO7S/c1-11(26)29-19-10-33-22(21(31-13(3)28)20(19)30-12(2)27)32-16-6-14(8-25-9-16)17-5-4-15(24)7-18(17)23/h4-9,19-22H,10H2,1-3H3/t19-,20+,21-,22?/m1/s1. The van der Waals surface area contributed by atoms with Crippen LogP contribution >= 0.6 is 23.4 Å². The van der Waals surface area contributed by atoms with Gasteiger partial charge in [-0.3, -0.25) is 19.4 Å². The highest BCUT2D eigenvalue weighted by Gasteiger charge is 2.47. The molecule has 2 heterocycles. The van der Waals surface area contributed by atoms with Crippen LogP contribution in [0.1, 0.15) is 20.8 Å². The lowest BCUT2D eigenvalue weighted by Crippen LogP contribution is -2.55. The first kappa shape index (κ1) is 24.8. The second kappa shape index (κ2) is 10.8. The summed E-state index contributed by atoms with van der Waals surface area (Å²) in [4.78, 5) is 39.1. The number of thioether (sulfide) groups is 1. The highest BCUT2D eigenvalue weighted by Crippen LogP contribution is 2.36. The van der Waals surface area contributed by atoms with Gasteiger partial charge in [0.1, 0.15) is 11.6 Å². The van der Waals surface area contributed by atoms with Crippen molar-refractivity contribution >= 4 is 41.3 Å². The molecule has 2 aromatic rings. The van der Waals surface area contributed by atoms with Crippen LogP contribution in [-0.2, 0) is 28.6 Å². The minimum absolute atomic E-state index is 0.206. The molecule has 4 atom stereocenters. The molecular formula is C22H21ClFNO7S. The van der Waals surface area contributed by atoms with Crippen molar-refractivity contribution in [2.75, 3.05) is 5.75 Å². The zero-order chi connectivity index (χ0) is 24.1. The van der Waals surface area contributed by atoms with Crippen molar-refractivity contribution < 1.29 is 37.7 Å². The average molecular weight is 498 g/mol. The van der Waals surface area contributed by atoms with Crippen molar-refractivity contribution in [1.29, 1.82) is 0 Å². The van der Waals surface area contributed by atoms with Gasteiger partial charge in [0.25, 0.3) is 0 Å². The van der Waals surface area contributed by atoms with E-state index in [1.54, 1.807) is 12.3 Å². The topological polar surface area (TPSA) is 101 Å². The van der Waals surface area contributed by atoms with E-state index in [2.05, 4.69) is 4.98 Å². The van der Waals surface area contributed by atoms with Crippen molar-refractivity contribution in [1.82, 2.24) is 4.98 Å². The minimum Gasteiger partial charge on any atom is -0.474 e. The number of halogens is 2. The Labute approximate surface area is 198 Å². The fraction of sp³-hybridized carbons (Fsp3) is 0.364. The van der Waals surface area contributed by atoms with Crippen LogP contribution in [-0.4, -0.2) is 52.4 Å². The first-order chi connectivity index (χ1) is 15.6. The average Bonchev–Trinajstić information content (AvgIpc) is 2.71. The van der Waals surface area contributed by atoms with Crippen molar-refractivity contribution in [3.8, 4) is 16.9 Å². The molecule has 1 fully saturated rings. The molecule has 33 heavy (non-hydrogen) atoms. The Bertz CT molecular complexity index is 1050. The van der Waals surface area contributed by atoms with Crippen molar-refractivity contribution in [2.24, 2.45) is 0 Å². The van der Waals surface area contributed by atoms with Gasteiger partial charge >= 0.3 is 17.9 Å². The fourth-order valence-electron chi connectivity index (χ4n) is 3.30. The summed E-state index contributed by atoms with van der Waals surface area (Å²) in [6.07, 6.45) is 0.0349. The molecule has 0 amide bonds. The van der Waals surface area contributed by atoms with Crippen molar-refractivity contribution in [2.45, 2.75) is 44.5 Å². The Morgan fingerprint density at radius 1 is 1.00 bits per heavy atom. The quantitative estimate of drug-likeness (QED) is 0.435. The molecule has 8 nitrogen and oxygen atoms in total. The Hall–Kier alpha value is -2.85. The van der Waals surface area contributed by atoms with E-state index in [9.17, 15) is 18.8 Å². The minimum atomic E-state index is -1.07. The summed E-state index contributed by atoms with van der Waals surface area (Å²) in [7, 11) is 0. The summed E-state index contributed by atoms with van der Waals surface area (Å²) in [5.41, 5.74) is 0.332. The van der Waals surface area contributed by atoms with E-state index < -0.39 is 47.5 Å². The van der Waals surface area contributed by atoms with E-state index in [-0.39, 0.29) is 10.8 Å². The first-order valence-corrected chi connectivity index (χ1v) is 11.3. The predicted molar refractivity (Wildman–Crippen MR) is 118 cm³/mol. The van der Waals surface area contributed by atoms with E-state index in [0.717, 1.165) is 0 Å². The van der Waals surface area contributed by atoms with Gasteiger partial charge in [-0.15, -0.1) is 11.8 Å². The van der Waals surface area contributed by atoms with Crippen LogP contribution in [0.25, 0.3) is 11.1 Å². The van der Waals surface area contributed by atoms with Gasteiger partial charge in [-0.2, -0.15) is 0 Å². The van der Waals surface area contributed by atoms with E-state index >= 15 is 0 Å². The summed E-state index contributed by atoms with van der Waals surface area (Å²) in [6, 6.07) is 5.64. The Morgan fingerprint density at radius 2 is 1.67 bits per heavy atom. The number of hydrogen-bond acceptors (Lipinski definition) is 9.